The predicted molar refractivity (Wildman–Crippen MR) is 171 cm³/mol. The molecule has 0 saturated heterocycles. The molecule has 3 fully saturated rings. The highest BCUT2D eigenvalue weighted by Gasteiger charge is 2.55. The zero-order valence-electron chi connectivity index (χ0n) is 26.2. The highest BCUT2D eigenvalue weighted by atomic mass is 32.1. The van der Waals surface area contributed by atoms with Gasteiger partial charge >= 0.3 is 11.9 Å². The molecule has 9 aliphatic rings. The molecule has 2 heterocycles. The van der Waals surface area contributed by atoms with Gasteiger partial charge in [0, 0.05) is 27.8 Å². The molecule has 0 aromatic carbocycles. The number of ether oxygens (including phenoxy) is 2. The summed E-state index contributed by atoms with van der Waals surface area (Å²) in [5.74, 6) is 3.88. The number of rotatable bonds is 8. The lowest BCUT2D eigenvalue weighted by Crippen LogP contribution is -2.40. The average molecular weight is 612 g/mol. The molecule has 0 spiro atoms. The predicted octanol–water partition coefficient (Wildman–Crippen LogP) is 7.43. The SMILES string of the molecule is C=C1C(C(=O)OCC)=C2C3=CC(CC3)C2C1Cc1sc(CC2=C3C4CCC(C4)C3C(C(=O)OCC)N2)c2c1C1CCC2CC1. The Labute approximate surface area is 265 Å². The van der Waals surface area contributed by atoms with E-state index in [1.807, 2.05) is 13.8 Å². The lowest BCUT2D eigenvalue weighted by molar-refractivity contribution is -0.146. The maximum absolute atomic E-state index is 13.3. The molecule has 8 aliphatic carbocycles. The van der Waals surface area contributed by atoms with Gasteiger partial charge in [-0.2, -0.15) is 0 Å². The van der Waals surface area contributed by atoms with Gasteiger partial charge in [-0.25, -0.2) is 9.59 Å². The van der Waals surface area contributed by atoms with E-state index in [1.165, 1.54) is 68.2 Å². The first kappa shape index (κ1) is 27.7. The second-order valence-electron chi connectivity index (χ2n) is 14.9. The molecular weight excluding hydrogens is 566 g/mol. The van der Waals surface area contributed by atoms with Crippen LogP contribution in [0.4, 0.5) is 0 Å². The summed E-state index contributed by atoms with van der Waals surface area (Å²) in [5.41, 5.74) is 10.7. The minimum Gasteiger partial charge on any atom is -0.464 e. The summed E-state index contributed by atoms with van der Waals surface area (Å²) in [6.45, 7) is 9.25. The Morgan fingerprint density at radius 2 is 1.66 bits per heavy atom. The quantitative estimate of drug-likeness (QED) is 0.310. The standard InChI is InChI=1S/C38H45NO4S/c1-4-42-37(40)29-18(3)25(30-21-10-12-23(14-21)34(29)30)16-27-32-19-6-8-20(9-7-19)33(32)28(44-27)17-26-31-22-11-13-24(15-22)35(31)36(39-26)38(41)43-5-2/h14,19-22,24-25,30,35-36,39H,3-13,15-17H2,1-2H3. The summed E-state index contributed by atoms with van der Waals surface area (Å²) in [5, 5.41) is 3.78. The van der Waals surface area contributed by atoms with Gasteiger partial charge in [-0.15, -0.1) is 11.3 Å². The van der Waals surface area contributed by atoms with Crippen molar-refractivity contribution in [1.29, 1.82) is 0 Å². The largest absolute Gasteiger partial charge is 0.464 e. The van der Waals surface area contributed by atoms with Crippen molar-refractivity contribution in [3.8, 4) is 0 Å². The molecule has 6 bridgehead atoms. The first-order valence-corrected chi connectivity index (χ1v) is 18.4. The minimum absolute atomic E-state index is 0.0634. The van der Waals surface area contributed by atoms with Crippen LogP contribution in [0.15, 0.2) is 46.2 Å². The summed E-state index contributed by atoms with van der Waals surface area (Å²) in [6.07, 6.45) is 15.7. The zero-order chi connectivity index (χ0) is 29.9. The summed E-state index contributed by atoms with van der Waals surface area (Å²) in [6, 6.07) is -0.207. The van der Waals surface area contributed by atoms with Crippen LogP contribution in [0.3, 0.4) is 0 Å². The van der Waals surface area contributed by atoms with Crippen molar-refractivity contribution in [3.63, 3.8) is 0 Å². The Morgan fingerprint density at radius 1 is 0.932 bits per heavy atom. The Morgan fingerprint density at radius 3 is 2.41 bits per heavy atom. The van der Waals surface area contributed by atoms with E-state index in [0.29, 0.717) is 54.6 Å². The Kier molecular flexibility index (Phi) is 6.42. The van der Waals surface area contributed by atoms with Crippen molar-refractivity contribution in [2.75, 3.05) is 13.2 Å². The van der Waals surface area contributed by atoms with E-state index in [2.05, 4.69) is 29.3 Å². The van der Waals surface area contributed by atoms with Crippen LogP contribution in [0.5, 0.6) is 0 Å². The fraction of sp³-hybridized carbons (Fsp3) is 0.632. The monoisotopic (exact) mass is 611 g/mol. The number of hydrogen-bond acceptors (Lipinski definition) is 6. The zero-order valence-corrected chi connectivity index (χ0v) is 27.0. The number of fused-ring (bicyclic) bond motifs is 11. The molecule has 1 N–H and O–H groups in total. The third-order valence-electron chi connectivity index (χ3n) is 13.0. The van der Waals surface area contributed by atoms with Crippen LogP contribution in [-0.2, 0) is 31.9 Å². The molecule has 44 heavy (non-hydrogen) atoms. The van der Waals surface area contributed by atoms with E-state index in [1.54, 1.807) is 26.5 Å². The van der Waals surface area contributed by atoms with Crippen LogP contribution >= 0.6 is 11.3 Å². The molecule has 10 rings (SSSR count). The molecule has 3 saturated carbocycles. The number of carbonyl (C=O) groups excluding carboxylic acids is 2. The van der Waals surface area contributed by atoms with Gasteiger partial charge in [0.15, 0.2) is 0 Å². The smallest absolute Gasteiger partial charge is 0.338 e. The molecule has 232 valence electrons. The lowest BCUT2D eigenvalue weighted by atomic mass is 9.66. The van der Waals surface area contributed by atoms with Crippen LogP contribution in [-0.4, -0.2) is 31.2 Å². The molecule has 6 heteroatoms. The fourth-order valence-electron chi connectivity index (χ4n) is 11.5. The van der Waals surface area contributed by atoms with Gasteiger partial charge in [-0.3, -0.25) is 0 Å². The highest BCUT2D eigenvalue weighted by molar-refractivity contribution is 7.12. The first-order valence-electron chi connectivity index (χ1n) is 17.6. The molecule has 5 nitrogen and oxygen atoms in total. The Bertz CT molecular complexity index is 1570. The molecular formula is C38H45NO4S. The van der Waals surface area contributed by atoms with Crippen LogP contribution in [0.25, 0.3) is 0 Å². The van der Waals surface area contributed by atoms with Gasteiger partial charge in [0.2, 0.25) is 0 Å². The van der Waals surface area contributed by atoms with Crippen LogP contribution in [0.1, 0.15) is 104 Å². The van der Waals surface area contributed by atoms with Gasteiger partial charge in [0.1, 0.15) is 6.04 Å². The summed E-state index contributed by atoms with van der Waals surface area (Å²) >= 11 is 2.06. The number of thiophene rings is 1. The van der Waals surface area contributed by atoms with Crippen molar-refractivity contribution < 1.29 is 19.1 Å². The van der Waals surface area contributed by atoms with Crippen molar-refractivity contribution in [1.82, 2.24) is 5.32 Å². The molecule has 1 aromatic rings. The number of hydrogen-bond donors (Lipinski definition) is 1. The summed E-state index contributed by atoms with van der Waals surface area (Å²) in [4.78, 5) is 29.5. The number of nitrogens with one attached hydrogen (secondary N) is 1. The van der Waals surface area contributed by atoms with Crippen molar-refractivity contribution in [2.45, 2.75) is 102 Å². The number of esters is 2. The van der Waals surface area contributed by atoms with Gasteiger partial charge in [-0.05, 0) is 153 Å². The summed E-state index contributed by atoms with van der Waals surface area (Å²) < 4.78 is 11.2. The van der Waals surface area contributed by atoms with E-state index < -0.39 is 0 Å². The van der Waals surface area contributed by atoms with Crippen molar-refractivity contribution in [2.24, 2.45) is 35.5 Å². The Hall–Kier alpha value is -2.60. The van der Waals surface area contributed by atoms with E-state index in [9.17, 15) is 9.59 Å². The third kappa shape index (κ3) is 3.82. The Balaban J connectivity index is 1.07. The maximum atomic E-state index is 13.3. The third-order valence-corrected chi connectivity index (χ3v) is 14.3. The van der Waals surface area contributed by atoms with Crippen molar-refractivity contribution >= 4 is 23.3 Å². The molecule has 0 radical (unpaired) electrons. The molecule has 1 aliphatic heterocycles. The molecule has 1 aromatic heterocycles. The van der Waals surface area contributed by atoms with Crippen LogP contribution in [0.2, 0.25) is 0 Å². The van der Waals surface area contributed by atoms with Gasteiger partial charge in [-0.1, -0.05) is 12.7 Å². The van der Waals surface area contributed by atoms with Gasteiger partial charge in [0.25, 0.3) is 0 Å². The van der Waals surface area contributed by atoms with Gasteiger partial charge < -0.3 is 14.8 Å². The highest BCUT2D eigenvalue weighted by Crippen LogP contribution is 2.62. The minimum atomic E-state index is -0.207. The van der Waals surface area contributed by atoms with Crippen LogP contribution < -0.4 is 5.32 Å². The van der Waals surface area contributed by atoms with Gasteiger partial charge in [0.05, 0.1) is 18.8 Å². The molecule has 7 atom stereocenters. The van der Waals surface area contributed by atoms with E-state index in [0.717, 1.165) is 30.4 Å². The maximum Gasteiger partial charge on any atom is 0.338 e. The fourth-order valence-corrected chi connectivity index (χ4v) is 13.1. The second-order valence-corrected chi connectivity index (χ2v) is 16.1. The van der Waals surface area contributed by atoms with E-state index in [-0.39, 0.29) is 23.9 Å². The number of carbonyl (C=O) groups is 2. The topological polar surface area (TPSA) is 64.6 Å². The van der Waals surface area contributed by atoms with E-state index in [4.69, 9.17) is 9.47 Å². The summed E-state index contributed by atoms with van der Waals surface area (Å²) in [7, 11) is 0. The molecule has 7 unspecified atom stereocenters. The van der Waals surface area contributed by atoms with Crippen molar-refractivity contribution in [3.05, 3.63) is 67.1 Å². The normalized spacial score (nSPS) is 37.0. The lowest BCUT2D eigenvalue weighted by Gasteiger charge is -2.38. The molecule has 0 amide bonds. The second kappa shape index (κ2) is 10.2. The number of allylic oxidation sites excluding steroid dienone is 4. The van der Waals surface area contributed by atoms with Crippen LogP contribution in [0, 0.1) is 35.5 Å². The average Bonchev–Trinajstić information content (AvgIpc) is 3.87. The first-order chi connectivity index (χ1) is 21.5. The van der Waals surface area contributed by atoms with E-state index >= 15 is 0 Å².